The van der Waals surface area contributed by atoms with E-state index in [0.29, 0.717) is 68.0 Å². The molecular weight excluding hydrogens is 391 g/mol. The molecule has 0 radical (unpaired) electrons. The maximum absolute atomic E-state index is 12.4. The fourth-order valence-corrected chi connectivity index (χ4v) is 3.77. The average molecular weight is 415 g/mol. The van der Waals surface area contributed by atoms with E-state index in [-0.39, 0.29) is 17.9 Å². The van der Waals surface area contributed by atoms with Gasteiger partial charge in [-0.05, 0) is 37.5 Å². The second-order valence-electron chi connectivity index (χ2n) is 6.73. The van der Waals surface area contributed by atoms with Gasteiger partial charge in [-0.3, -0.25) is 9.59 Å². The molecule has 2 aliphatic heterocycles. The van der Waals surface area contributed by atoms with Gasteiger partial charge in [0.15, 0.2) is 0 Å². The fraction of sp³-hybridized carbons (Fsp3) is 0.579. The number of hydrogen-bond acceptors (Lipinski definition) is 4. The zero-order valence-electron chi connectivity index (χ0n) is 15.2. The maximum atomic E-state index is 12.4. The van der Waals surface area contributed by atoms with E-state index in [0.717, 1.165) is 12.8 Å². The molecule has 1 aromatic rings. The van der Waals surface area contributed by atoms with Crippen LogP contribution in [0.4, 0.5) is 0 Å². The van der Waals surface area contributed by atoms with Gasteiger partial charge in [0, 0.05) is 44.2 Å². The number of nitrogens with zero attached hydrogens (tertiary/aromatic N) is 2. The molecule has 0 saturated carbocycles. The molecule has 2 aliphatic rings. The van der Waals surface area contributed by atoms with E-state index in [2.05, 4.69) is 0 Å². The molecule has 3 rings (SSSR count). The Labute approximate surface area is 169 Å². The second kappa shape index (κ2) is 9.62. The molecule has 148 valence electrons. The molecule has 0 bridgehead atoms. The standard InChI is InChI=1S/C19H24Cl2N2O4/c20-14-5-6-16(15(21)13-14)26-12-2-4-18(24)22-7-9-23(10-8-22)19(25)17-3-1-11-27-17/h5-6,13,17H,1-4,7-12H2. The van der Waals surface area contributed by atoms with Crippen molar-refractivity contribution >= 4 is 35.0 Å². The van der Waals surface area contributed by atoms with E-state index in [1.54, 1.807) is 18.2 Å². The zero-order chi connectivity index (χ0) is 19.2. The zero-order valence-corrected chi connectivity index (χ0v) is 16.7. The Kier molecular flexibility index (Phi) is 7.21. The summed E-state index contributed by atoms with van der Waals surface area (Å²) >= 11 is 11.9. The first-order chi connectivity index (χ1) is 13.0. The number of amides is 2. The minimum absolute atomic E-state index is 0.0628. The van der Waals surface area contributed by atoms with Crippen LogP contribution in [0.2, 0.25) is 10.0 Å². The summed E-state index contributed by atoms with van der Waals surface area (Å²) in [7, 11) is 0. The number of ether oxygens (including phenoxy) is 2. The molecule has 6 nitrogen and oxygen atoms in total. The third-order valence-electron chi connectivity index (χ3n) is 4.84. The monoisotopic (exact) mass is 414 g/mol. The van der Waals surface area contributed by atoms with Crippen LogP contribution in [-0.2, 0) is 14.3 Å². The van der Waals surface area contributed by atoms with E-state index in [1.165, 1.54) is 0 Å². The van der Waals surface area contributed by atoms with Crippen molar-refractivity contribution in [3.63, 3.8) is 0 Å². The average Bonchev–Trinajstić information content (AvgIpc) is 3.21. The third-order valence-corrected chi connectivity index (χ3v) is 5.37. The van der Waals surface area contributed by atoms with Gasteiger partial charge in [0.05, 0.1) is 11.6 Å². The molecule has 0 spiro atoms. The van der Waals surface area contributed by atoms with E-state index >= 15 is 0 Å². The Hall–Kier alpha value is -1.50. The van der Waals surface area contributed by atoms with Gasteiger partial charge in [-0.2, -0.15) is 0 Å². The lowest BCUT2D eigenvalue weighted by Gasteiger charge is -2.35. The van der Waals surface area contributed by atoms with Crippen molar-refractivity contribution in [2.45, 2.75) is 31.8 Å². The molecule has 1 aromatic carbocycles. The summed E-state index contributed by atoms with van der Waals surface area (Å²) in [4.78, 5) is 28.3. The largest absolute Gasteiger partial charge is 0.492 e. The van der Waals surface area contributed by atoms with Gasteiger partial charge < -0.3 is 19.3 Å². The lowest BCUT2D eigenvalue weighted by Crippen LogP contribution is -2.52. The van der Waals surface area contributed by atoms with Crippen LogP contribution in [0.5, 0.6) is 5.75 Å². The Morgan fingerprint density at radius 2 is 1.89 bits per heavy atom. The summed E-state index contributed by atoms with van der Waals surface area (Å²) in [5.41, 5.74) is 0. The summed E-state index contributed by atoms with van der Waals surface area (Å²) in [6.45, 7) is 3.35. The van der Waals surface area contributed by atoms with Crippen LogP contribution in [0.15, 0.2) is 18.2 Å². The van der Waals surface area contributed by atoms with Gasteiger partial charge in [0.25, 0.3) is 5.91 Å². The van der Waals surface area contributed by atoms with Crippen LogP contribution < -0.4 is 4.74 Å². The van der Waals surface area contributed by atoms with Crippen LogP contribution in [0, 0.1) is 0 Å². The summed E-state index contributed by atoms with van der Waals surface area (Å²) in [6.07, 6.45) is 2.47. The minimum Gasteiger partial charge on any atom is -0.492 e. The SMILES string of the molecule is O=C(CCCOc1ccc(Cl)cc1Cl)N1CCN(C(=O)C2CCCO2)CC1. The second-order valence-corrected chi connectivity index (χ2v) is 7.58. The number of rotatable bonds is 6. The van der Waals surface area contributed by atoms with Crippen molar-refractivity contribution in [3.05, 3.63) is 28.2 Å². The molecule has 2 fully saturated rings. The predicted octanol–water partition coefficient (Wildman–Crippen LogP) is 3.00. The first-order valence-corrected chi connectivity index (χ1v) is 10.1. The summed E-state index contributed by atoms with van der Waals surface area (Å²) < 4.78 is 11.1. The quantitative estimate of drug-likeness (QED) is 0.671. The minimum atomic E-state index is -0.288. The van der Waals surface area contributed by atoms with Gasteiger partial charge in [0.1, 0.15) is 11.9 Å². The predicted molar refractivity (Wildman–Crippen MR) is 103 cm³/mol. The molecule has 0 N–H and O–H groups in total. The highest BCUT2D eigenvalue weighted by Crippen LogP contribution is 2.27. The van der Waals surface area contributed by atoms with Crippen molar-refractivity contribution in [1.82, 2.24) is 9.80 Å². The first-order valence-electron chi connectivity index (χ1n) is 9.30. The molecular formula is C19H24Cl2N2O4. The Morgan fingerprint density at radius 1 is 1.15 bits per heavy atom. The van der Waals surface area contributed by atoms with Crippen LogP contribution >= 0.6 is 23.2 Å². The van der Waals surface area contributed by atoms with Gasteiger partial charge in [-0.15, -0.1) is 0 Å². The Bertz CT molecular complexity index is 672. The smallest absolute Gasteiger partial charge is 0.251 e. The third kappa shape index (κ3) is 5.50. The molecule has 2 saturated heterocycles. The number of carbonyl (C=O) groups is 2. The number of piperazine rings is 1. The lowest BCUT2D eigenvalue weighted by molar-refractivity contribution is -0.146. The van der Waals surface area contributed by atoms with Crippen molar-refractivity contribution in [1.29, 1.82) is 0 Å². The van der Waals surface area contributed by atoms with Crippen LogP contribution in [-0.4, -0.2) is 67.1 Å². The number of carbonyl (C=O) groups excluding carboxylic acids is 2. The number of benzene rings is 1. The topological polar surface area (TPSA) is 59.1 Å². The molecule has 27 heavy (non-hydrogen) atoms. The number of hydrogen-bond donors (Lipinski definition) is 0. The summed E-state index contributed by atoms with van der Waals surface area (Å²) in [5.74, 6) is 0.715. The van der Waals surface area contributed by atoms with Gasteiger partial charge in [0.2, 0.25) is 5.91 Å². The Balaban J connectivity index is 1.35. The van der Waals surface area contributed by atoms with E-state index in [4.69, 9.17) is 32.7 Å². The summed E-state index contributed by atoms with van der Waals surface area (Å²) in [5, 5.41) is 1.01. The van der Waals surface area contributed by atoms with Gasteiger partial charge in [-0.1, -0.05) is 23.2 Å². The van der Waals surface area contributed by atoms with Crippen molar-refractivity contribution < 1.29 is 19.1 Å². The molecule has 8 heteroatoms. The highest BCUT2D eigenvalue weighted by molar-refractivity contribution is 6.35. The normalized spacial score (nSPS) is 20.0. The highest BCUT2D eigenvalue weighted by atomic mass is 35.5. The molecule has 1 unspecified atom stereocenters. The first kappa shape index (κ1) is 20.2. The highest BCUT2D eigenvalue weighted by Gasteiger charge is 2.31. The number of halogens is 2. The van der Waals surface area contributed by atoms with Crippen molar-refractivity contribution in [2.75, 3.05) is 39.4 Å². The maximum Gasteiger partial charge on any atom is 0.251 e. The molecule has 0 aromatic heterocycles. The van der Waals surface area contributed by atoms with Crippen LogP contribution in [0.3, 0.4) is 0 Å². The van der Waals surface area contributed by atoms with Gasteiger partial charge in [-0.25, -0.2) is 0 Å². The van der Waals surface area contributed by atoms with Crippen LogP contribution in [0.1, 0.15) is 25.7 Å². The van der Waals surface area contributed by atoms with E-state index in [9.17, 15) is 9.59 Å². The van der Waals surface area contributed by atoms with E-state index < -0.39 is 0 Å². The lowest BCUT2D eigenvalue weighted by atomic mass is 10.2. The van der Waals surface area contributed by atoms with E-state index in [1.807, 2.05) is 9.80 Å². The molecule has 2 heterocycles. The van der Waals surface area contributed by atoms with Crippen molar-refractivity contribution in [2.24, 2.45) is 0 Å². The molecule has 1 atom stereocenters. The Morgan fingerprint density at radius 3 is 2.56 bits per heavy atom. The van der Waals surface area contributed by atoms with Gasteiger partial charge >= 0.3 is 0 Å². The van der Waals surface area contributed by atoms with Crippen molar-refractivity contribution in [3.8, 4) is 5.75 Å². The van der Waals surface area contributed by atoms with Crippen LogP contribution in [0.25, 0.3) is 0 Å². The molecule has 2 amide bonds. The summed E-state index contributed by atoms with van der Waals surface area (Å²) in [6, 6.07) is 5.06. The fourth-order valence-electron chi connectivity index (χ4n) is 3.31. The molecule has 0 aliphatic carbocycles.